The summed E-state index contributed by atoms with van der Waals surface area (Å²) in [6.45, 7) is 1.52. The Hall–Kier alpha value is -2.94. The predicted octanol–water partition coefficient (Wildman–Crippen LogP) is 1.39. The Balaban J connectivity index is 1.55. The first-order valence-electron chi connectivity index (χ1n) is 9.47. The van der Waals surface area contributed by atoms with E-state index in [0.717, 1.165) is 12.8 Å². The maximum absolute atomic E-state index is 13.0. The quantitative estimate of drug-likeness (QED) is 0.690. The van der Waals surface area contributed by atoms with Gasteiger partial charge in [0.1, 0.15) is 5.84 Å². The first kappa shape index (κ1) is 19.4. The van der Waals surface area contributed by atoms with Gasteiger partial charge >= 0.3 is 5.97 Å². The van der Waals surface area contributed by atoms with E-state index >= 15 is 0 Å². The van der Waals surface area contributed by atoms with Crippen LogP contribution in [0.4, 0.5) is 0 Å². The summed E-state index contributed by atoms with van der Waals surface area (Å²) in [5.74, 6) is -0.729. The number of fused-ring (bicyclic) bond motifs is 1. The molecule has 1 saturated heterocycles. The Labute approximate surface area is 169 Å². The van der Waals surface area contributed by atoms with Crippen LogP contribution < -0.4 is 0 Å². The van der Waals surface area contributed by atoms with Crippen LogP contribution >= 0.6 is 0 Å². The fourth-order valence-electron chi connectivity index (χ4n) is 3.49. The summed E-state index contributed by atoms with van der Waals surface area (Å²) in [5.41, 5.74) is 0.850. The summed E-state index contributed by atoms with van der Waals surface area (Å²) in [6.07, 6.45) is 5.30. The molecule has 4 rings (SSSR count). The summed E-state index contributed by atoms with van der Waals surface area (Å²) < 4.78 is 32.6. The zero-order valence-corrected chi connectivity index (χ0v) is 16.5. The zero-order valence-electron chi connectivity index (χ0n) is 15.7. The Bertz CT molecular complexity index is 1010. The van der Waals surface area contributed by atoms with E-state index in [1.807, 2.05) is 6.07 Å². The lowest BCUT2D eigenvalue weighted by Crippen LogP contribution is -2.38. The molecule has 0 N–H and O–H groups in total. The van der Waals surface area contributed by atoms with Crippen LogP contribution in [0.15, 0.2) is 58.7 Å². The lowest BCUT2D eigenvalue weighted by molar-refractivity contribution is -0.157. The number of carbonyl (C=O) groups excluding carboxylic acids is 2. The summed E-state index contributed by atoms with van der Waals surface area (Å²) in [7, 11) is -3.47. The van der Waals surface area contributed by atoms with Crippen molar-refractivity contribution in [3.63, 3.8) is 0 Å². The fraction of sp³-hybridized carbons (Fsp3) is 0.350. The maximum atomic E-state index is 13.0. The number of carbonyl (C=O) groups is 2. The van der Waals surface area contributed by atoms with E-state index in [2.05, 4.69) is 4.40 Å². The molecule has 9 heteroatoms. The lowest BCUT2D eigenvalue weighted by Gasteiger charge is -2.28. The Morgan fingerprint density at radius 1 is 1.03 bits per heavy atom. The second-order valence-electron chi connectivity index (χ2n) is 7.08. The topological polar surface area (TPSA) is 96.4 Å². The molecule has 0 aromatic heterocycles. The van der Waals surface area contributed by atoms with Crippen molar-refractivity contribution in [2.75, 3.05) is 25.4 Å². The van der Waals surface area contributed by atoms with Gasteiger partial charge in [-0.15, -0.1) is 4.40 Å². The molecule has 1 aromatic rings. The average molecular weight is 415 g/mol. The molecule has 152 valence electrons. The molecule has 29 heavy (non-hydrogen) atoms. The van der Waals surface area contributed by atoms with Crippen molar-refractivity contribution in [3.05, 3.63) is 59.8 Å². The number of sulfonamides is 1. The SMILES string of the molecule is O=C(O[C@H](C(=O)N1CCCC1)c1ccccc1)C1=CN2CCS(=O)(=O)N=C2C=C1. The molecule has 3 aliphatic heterocycles. The second kappa shape index (κ2) is 7.82. The molecule has 0 radical (unpaired) electrons. The van der Waals surface area contributed by atoms with Gasteiger partial charge in [0.05, 0.1) is 11.3 Å². The van der Waals surface area contributed by atoms with Gasteiger partial charge in [0, 0.05) is 31.4 Å². The van der Waals surface area contributed by atoms with Crippen LogP contribution in [0.3, 0.4) is 0 Å². The Morgan fingerprint density at radius 2 is 1.76 bits per heavy atom. The van der Waals surface area contributed by atoms with Gasteiger partial charge in [-0.1, -0.05) is 30.3 Å². The number of hydrogen-bond donors (Lipinski definition) is 0. The van der Waals surface area contributed by atoms with Crippen LogP contribution in [-0.2, 0) is 24.3 Å². The van der Waals surface area contributed by atoms with E-state index < -0.39 is 22.1 Å². The highest BCUT2D eigenvalue weighted by Crippen LogP contribution is 2.25. The third-order valence-electron chi connectivity index (χ3n) is 5.03. The molecule has 0 saturated carbocycles. The molecule has 8 nitrogen and oxygen atoms in total. The Morgan fingerprint density at radius 3 is 2.48 bits per heavy atom. The van der Waals surface area contributed by atoms with E-state index in [9.17, 15) is 18.0 Å². The molecule has 0 spiro atoms. The minimum atomic E-state index is -3.47. The van der Waals surface area contributed by atoms with Crippen LogP contribution in [0.2, 0.25) is 0 Å². The molecule has 0 unspecified atom stereocenters. The van der Waals surface area contributed by atoms with E-state index in [0.29, 0.717) is 18.7 Å². The largest absolute Gasteiger partial charge is 0.444 e. The lowest BCUT2D eigenvalue weighted by atomic mass is 10.1. The second-order valence-corrected chi connectivity index (χ2v) is 8.83. The van der Waals surface area contributed by atoms with Gasteiger partial charge in [0.25, 0.3) is 15.9 Å². The molecule has 1 fully saturated rings. The molecule has 0 aliphatic carbocycles. The normalized spacial score (nSPS) is 21.1. The van der Waals surface area contributed by atoms with Crippen LogP contribution in [-0.4, -0.2) is 61.3 Å². The highest BCUT2D eigenvalue weighted by molar-refractivity contribution is 7.90. The van der Waals surface area contributed by atoms with E-state index in [-0.39, 0.29) is 29.6 Å². The molecular formula is C20H21N3O5S. The zero-order chi connectivity index (χ0) is 20.4. The fourth-order valence-corrected chi connectivity index (χ4v) is 4.46. The Kier molecular flexibility index (Phi) is 5.23. The van der Waals surface area contributed by atoms with Crippen molar-refractivity contribution in [1.82, 2.24) is 9.80 Å². The molecule has 0 bridgehead atoms. The van der Waals surface area contributed by atoms with Crippen molar-refractivity contribution in [2.24, 2.45) is 4.40 Å². The van der Waals surface area contributed by atoms with Gasteiger partial charge in [-0.3, -0.25) is 4.79 Å². The number of benzene rings is 1. The first-order chi connectivity index (χ1) is 13.9. The van der Waals surface area contributed by atoms with E-state index in [4.69, 9.17) is 4.74 Å². The summed E-state index contributed by atoms with van der Waals surface area (Å²) in [4.78, 5) is 29.1. The van der Waals surface area contributed by atoms with Crippen LogP contribution in [0, 0.1) is 0 Å². The number of esters is 1. The third kappa shape index (κ3) is 4.24. The highest BCUT2D eigenvalue weighted by Gasteiger charge is 2.32. The molecule has 1 aromatic carbocycles. The third-order valence-corrected chi connectivity index (χ3v) is 6.19. The van der Waals surface area contributed by atoms with Gasteiger partial charge in [-0.05, 0) is 25.0 Å². The summed E-state index contributed by atoms with van der Waals surface area (Å²) in [5, 5.41) is 0. The predicted molar refractivity (Wildman–Crippen MR) is 106 cm³/mol. The van der Waals surface area contributed by atoms with Crippen molar-refractivity contribution in [3.8, 4) is 0 Å². The van der Waals surface area contributed by atoms with Crippen LogP contribution in [0.5, 0.6) is 0 Å². The number of rotatable bonds is 4. The van der Waals surface area contributed by atoms with Gasteiger partial charge in [-0.25, -0.2) is 13.2 Å². The van der Waals surface area contributed by atoms with Crippen molar-refractivity contribution < 1.29 is 22.7 Å². The molecule has 1 amide bonds. The molecule has 1 atom stereocenters. The van der Waals surface area contributed by atoms with Crippen LogP contribution in [0.1, 0.15) is 24.5 Å². The average Bonchev–Trinajstić information content (AvgIpc) is 3.26. The van der Waals surface area contributed by atoms with Crippen molar-refractivity contribution in [1.29, 1.82) is 0 Å². The highest BCUT2D eigenvalue weighted by atomic mass is 32.2. The number of likely N-dealkylation sites (tertiary alicyclic amines) is 1. The molecule has 3 heterocycles. The van der Waals surface area contributed by atoms with Crippen molar-refractivity contribution in [2.45, 2.75) is 18.9 Å². The van der Waals surface area contributed by atoms with E-state index in [1.54, 1.807) is 34.1 Å². The van der Waals surface area contributed by atoms with Crippen LogP contribution in [0.25, 0.3) is 0 Å². The number of hydrogen-bond acceptors (Lipinski definition) is 6. The number of ether oxygens (including phenoxy) is 1. The number of amides is 1. The van der Waals surface area contributed by atoms with Gasteiger partial charge < -0.3 is 14.5 Å². The van der Waals surface area contributed by atoms with E-state index in [1.165, 1.54) is 18.4 Å². The minimum Gasteiger partial charge on any atom is -0.444 e. The summed E-state index contributed by atoms with van der Waals surface area (Å²) in [6, 6.07) is 8.95. The summed E-state index contributed by atoms with van der Waals surface area (Å²) >= 11 is 0. The first-order valence-corrected chi connectivity index (χ1v) is 11.1. The monoisotopic (exact) mass is 415 g/mol. The van der Waals surface area contributed by atoms with Gasteiger partial charge in [0.15, 0.2) is 0 Å². The standard InChI is InChI=1S/C20H21N3O5S/c24-19(22-10-4-5-11-22)18(15-6-2-1-3-7-15)28-20(25)16-8-9-17-21-29(26,27)13-12-23(17)14-16/h1-3,6-9,14,18H,4-5,10-13H2/t18-/m0/s1. The van der Waals surface area contributed by atoms with Crippen molar-refractivity contribution >= 4 is 27.7 Å². The maximum Gasteiger partial charge on any atom is 0.340 e. The van der Waals surface area contributed by atoms with Gasteiger partial charge in [0.2, 0.25) is 6.10 Å². The smallest absolute Gasteiger partial charge is 0.340 e. The van der Waals surface area contributed by atoms with Gasteiger partial charge in [-0.2, -0.15) is 0 Å². The number of amidine groups is 1. The minimum absolute atomic E-state index is 0.122. The molecular weight excluding hydrogens is 394 g/mol. The number of nitrogens with zero attached hydrogens (tertiary/aromatic N) is 3. The molecule has 3 aliphatic rings.